The van der Waals surface area contributed by atoms with E-state index in [-0.39, 0.29) is 17.9 Å². The number of nitrogens with one attached hydrogen (secondary N) is 3. The van der Waals surface area contributed by atoms with E-state index in [1.54, 1.807) is 25.4 Å². The smallest absolute Gasteiger partial charge is 0.323 e. The van der Waals surface area contributed by atoms with Crippen LogP contribution in [0.5, 0.6) is 5.75 Å². The number of benzene rings is 2. The highest BCUT2D eigenvalue weighted by atomic mass is 79.9. The number of aromatic nitrogens is 2. The predicted molar refractivity (Wildman–Crippen MR) is 140 cm³/mol. The summed E-state index contributed by atoms with van der Waals surface area (Å²) in [5, 5.41) is 9.59. The Balaban J connectivity index is 1.32. The number of pyridine rings is 1. The molecule has 3 N–H and O–H groups in total. The van der Waals surface area contributed by atoms with Crippen LogP contribution in [0.2, 0.25) is 0 Å². The quantitative estimate of drug-likeness (QED) is 0.277. The van der Waals surface area contributed by atoms with E-state index in [4.69, 9.17) is 4.74 Å². The van der Waals surface area contributed by atoms with Crippen LogP contribution >= 0.6 is 15.9 Å². The number of carbonyl (C=O) groups is 2. The van der Waals surface area contributed by atoms with Crippen molar-refractivity contribution >= 4 is 56.0 Å². The summed E-state index contributed by atoms with van der Waals surface area (Å²) >= 11 is 3.42. The fourth-order valence-electron chi connectivity index (χ4n) is 3.94. The van der Waals surface area contributed by atoms with Crippen molar-refractivity contribution in [1.82, 2.24) is 9.55 Å². The number of methoxy groups -OCH3 is 1. The number of anilines is 3. The molecule has 8 nitrogen and oxygen atoms in total. The minimum absolute atomic E-state index is 0.0375. The number of nitrogens with zero attached hydrogens (tertiary/aromatic N) is 2. The van der Waals surface area contributed by atoms with Crippen molar-refractivity contribution in [2.75, 3.05) is 23.1 Å². The second-order valence-electron chi connectivity index (χ2n) is 8.42. The van der Waals surface area contributed by atoms with Gasteiger partial charge in [0.25, 0.3) is 0 Å². The maximum Gasteiger partial charge on any atom is 0.323 e. The fraction of sp³-hybridized carbons (Fsp3) is 0.192. The van der Waals surface area contributed by atoms with Gasteiger partial charge >= 0.3 is 6.03 Å². The number of carbonyl (C=O) groups excluding carboxylic acids is 2. The molecule has 1 aliphatic carbocycles. The lowest BCUT2D eigenvalue weighted by atomic mass is 10.2. The van der Waals surface area contributed by atoms with E-state index in [0.717, 1.165) is 33.8 Å². The number of hydrogen-bond donors (Lipinski definition) is 3. The number of rotatable bonds is 7. The van der Waals surface area contributed by atoms with Crippen LogP contribution < -0.4 is 20.7 Å². The molecule has 0 aliphatic heterocycles. The number of ether oxygens (including phenoxy) is 1. The molecule has 1 saturated carbocycles. The van der Waals surface area contributed by atoms with Crippen molar-refractivity contribution in [3.05, 3.63) is 77.0 Å². The SMILES string of the molecule is COc1ccc(Br)cc1NC(=O)Nc1cccc2c1ccn2Cc1ccnc(NC(=O)C2CC2)c1. The topological polar surface area (TPSA) is 97.3 Å². The highest BCUT2D eigenvalue weighted by Crippen LogP contribution is 2.31. The van der Waals surface area contributed by atoms with Crippen molar-refractivity contribution in [2.45, 2.75) is 19.4 Å². The monoisotopic (exact) mass is 533 g/mol. The number of halogens is 1. The molecule has 2 aromatic carbocycles. The zero-order chi connectivity index (χ0) is 24.4. The Labute approximate surface area is 210 Å². The summed E-state index contributed by atoms with van der Waals surface area (Å²) in [5.74, 6) is 1.30. The minimum Gasteiger partial charge on any atom is -0.495 e. The van der Waals surface area contributed by atoms with Crippen LogP contribution in [-0.2, 0) is 11.3 Å². The summed E-state index contributed by atoms with van der Waals surface area (Å²) in [6, 6.07) is 16.6. The van der Waals surface area contributed by atoms with Crippen LogP contribution in [0.1, 0.15) is 18.4 Å². The van der Waals surface area contributed by atoms with Gasteiger partial charge in [0.15, 0.2) is 0 Å². The van der Waals surface area contributed by atoms with E-state index in [0.29, 0.717) is 29.5 Å². The highest BCUT2D eigenvalue weighted by Gasteiger charge is 2.29. The van der Waals surface area contributed by atoms with Gasteiger partial charge in [-0.2, -0.15) is 0 Å². The second kappa shape index (κ2) is 9.79. The van der Waals surface area contributed by atoms with Crippen LogP contribution in [0.15, 0.2) is 71.5 Å². The lowest BCUT2D eigenvalue weighted by molar-refractivity contribution is -0.117. The zero-order valence-electron chi connectivity index (χ0n) is 19.0. The van der Waals surface area contributed by atoms with Crippen LogP contribution in [0.25, 0.3) is 10.9 Å². The Kier molecular flexibility index (Phi) is 6.41. The number of urea groups is 1. The van der Waals surface area contributed by atoms with Gasteiger partial charge in [-0.3, -0.25) is 4.79 Å². The van der Waals surface area contributed by atoms with Gasteiger partial charge in [0.2, 0.25) is 5.91 Å². The average molecular weight is 534 g/mol. The zero-order valence-corrected chi connectivity index (χ0v) is 20.6. The summed E-state index contributed by atoms with van der Waals surface area (Å²) in [7, 11) is 1.56. The van der Waals surface area contributed by atoms with Gasteiger partial charge in [-0.05, 0) is 66.9 Å². The van der Waals surface area contributed by atoms with E-state index in [2.05, 4.69) is 41.4 Å². The largest absolute Gasteiger partial charge is 0.495 e. The molecular formula is C26H24BrN5O3. The van der Waals surface area contributed by atoms with Crippen molar-refractivity contribution in [3.8, 4) is 5.75 Å². The first-order valence-electron chi connectivity index (χ1n) is 11.3. The van der Waals surface area contributed by atoms with E-state index in [1.165, 1.54) is 0 Å². The van der Waals surface area contributed by atoms with Gasteiger partial charge < -0.3 is 25.3 Å². The normalized spacial score (nSPS) is 12.9. The molecule has 2 aromatic heterocycles. The molecule has 3 amide bonds. The standard InChI is InChI=1S/C26H24BrN5O3/c1-35-23-8-7-18(27)14-21(23)30-26(34)29-20-3-2-4-22-19(20)10-12-32(22)15-16-9-11-28-24(13-16)31-25(33)17-5-6-17/h2-4,7-14,17H,5-6,15H2,1H3,(H,28,31,33)(H2,29,30,34). The van der Waals surface area contributed by atoms with Crippen molar-refractivity contribution < 1.29 is 14.3 Å². The van der Waals surface area contributed by atoms with Gasteiger partial charge in [-0.15, -0.1) is 0 Å². The third-order valence-corrected chi connectivity index (χ3v) is 6.34. The van der Waals surface area contributed by atoms with Crippen molar-refractivity contribution in [1.29, 1.82) is 0 Å². The highest BCUT2D eigenvalue weighted by molar-refractivity contribution is 9.10. The average Bonchev–Trinajstić information content (AvgIpc) is 3.62. The van der Waals surface area contributed by atoms with Crippen LogP contribution in [0.3, 0.4) is 0 Å². The Morgan fingerprint density at radius 3 is 2.69 bits per heavy atom. The third-order valence-electron chi connectivity index (χ3n) is 5.85. The number of fused-ring (bicyclic) bond motifs is 1. The minimum atomic E-state index is -0.369. The fourth-order valence-corrected chi connectivity index (χ4v) is 4.30. The van der Waals surface area contributed by atoms with Crippen molar-refractivity contribution in [2.24, 2.45) is 5.92 Å². The molecular weight excluding hydrogens is 510 g/mol. The summed E-state index contributed by atoms with van der Waals surface area (Å²) in [4.78, 5) is 29.1. The Morgan fingerprint density at radius 2 is 1.89 bits per heavy atom. The Bertz CT molecular complexity index is 1410. The molecule has 5 rings (SSSR count). The van der Waals surface area contributed by atoms with Gasteiger partial charge in [0, 0.05) is 34.7 Å². The second-order valence-corrected chi connectivity index (χ2v) is 9.33. The maximum absolute atomic E-state index is 12.7. The molecule has 0 radical (unpaired) electrons. The molecule has 35 heavy (non-hydrogen) atoms. The Hall–Kier alpha value is -3.85. The van der Waals surface area contributed by atoms with Crippen LogP contribution in [-0.4, -0.2) is 28.6 Å². The lowest BCUT2D eigenvalue weighted by Crippen LogP contribution is -2.20. The van der Waals surface area contributed by atoms with Gasteiger partial charge in [-0.25, -0.2) is 9.78 Å². The molecule has 4 aromatic rings. The van der Waals surface area contributed by atoms with E-state index >= 15 is 0 Å². The van der Waals surface area contributed by atoms with Crippen LogP contribution in [0.4, 0.5) is 22.0 Å². The summed E-state index contributed by atoms with van der Waals surface area (Å²) < 4.78 is 8.26. The molecule has 0 unspecified atom stereocenters. The predicted octanol–water partition coefficient (Wildman–Crippen LogP) is 5.85. The van der Waals surface area contributed by atoms with Gasteiger partial charge in [0.1, 0.15) is 11.6 Å². The van der Waals surface area contributed by atoms with E-state index in [9.17, 15) is 9.59 Å². The third kappa shape index (κ3) is 5.30. The molecule has 1 aliphatic rings. The first kappa shape index (κ1) is 22.9. The lowest BCUT2D eigenvalue weighted by Gasteiger charge is -2.13. The molecule has 0 atom stereocenters. The number of hydrogen-bond acceptors (Lipinski definition) is 4. The summed E-state index contributed by atoms with van der Waals surface area (Å²) in [6.07, 6.45) is 5.59. The van der Waals surface area contributed by atoms with Crippen molar-refractivity contribution in [3.63, 3.8) is 0 Å². The molecule has 178 valence electrons. The summed E-state index contributed by atoms with van der Waals surface area (Å²) in [6.45, 7) is 0.600. The van der Waals surface area contributed by atoms with E-state index < -0.39 is 0 Å². The number of amides is 3. The molecule has 1 fully saturated rings. The van der Waals surface area contributed by atoms with Crippen LogP contribution in [0, 0.1) is 5.92 Å². The Morgan fingerprint density at radius 1 is 1.06 bits per heavy atom. The summed E-state index contributed by atoms with van der Waals surface area (Å²) in [5.41, 5.74) is 3.25. The molecule has 9 heteroatoms. The molecule has 0 saturated heterocycles. The van der Waals surface area contributed by atoms with E-state index in [1.807, 2.05) is 48.7 Å². The maximum atomic E-state index is 12.7. The first-order chi connectivity index (χ1) is 17.0. The van der Waals surface area contributed by atoms with Gasteiger partial charge in [-0.1, -0.05) is 22.0 Å². The van der Waals surface area contributed by atoms with Gasteiger partial charge in [0.05, 0.1) is 24.0 Å². The molecule has 0 spiro atoms. The molecule has 0 bridgehead atoms. The molecule has 2 heterocycles. The first-order valence-corrected chi connectivity index (χ1v) is 12.0.